The number of para-hydroxylation sites is 2. The van der Waals surface area contributed by atoms with Crippen LogP contribution in [0.2, 0.25) is 0 Å². The van der Waals surface area contributed by atoms with E-state index >= 15 is 0 Å². The number of phosphoric acid groups is 1. The van der Waals surface area contributed by atoms with Crippen LogP contribution in [0.4, 0.5) is 0 Å². The molecule has 0 aliphatic rings. The molecular weight excluding hydrogens is 723 g/mol. The number of phosphoric ester groups is 1. The van der Waals surface area contributed by atoms with E-state index in [2.05, 4.69) is 13.8 Å². The Morgan fingerprint density at radius 1 is 0.464 bits per heavy atom. The molecule has 0 spiro atoms. The Morgan fingerprint density at radius 3 is 1.18 bits per heavy atom. The Labute approximate surface area is 341 Å². The number of esters is 2. The Bertz CT molecular complexity index is 1210. The molecule has 0 amide bonds. The summed E-state index contributed by atoms with van der Waals surface area (Å²) in [4.78, 5) is 25.7. The molecule has 0 radical (unpaired) electrons. The van der Waals surface area contributed by atoms with Crippen molar-refractivity contribution in [1.29, 1.82) is 0 Å². The lowest BCUT2D eigenvalue weighted by atomic mass is 10.0. The third kappa shape index (κ3) is 27.7. The molecule has 0 saturated carbocycles. The molecule has 0 N–H and O–H groups in total. The number of carbonyl (C=O) groups is 2. The molecule has 0 unspecified atom stereocenters. The number of unbranched alkanes of at least 4 members (excludes halogenated alkanes) is 24. The second-order valence-corrected chi connectivity index (χ2v) is 16.8. The standard InChI is InChI=1S/C47H77O8P/c1-3-5-7-9-11-13-15-17-19-21-23-25-33-39-46(48)51-41-45(53-47(49)40-34-26-24-22-20-18-16-14-12-10-8-6-4-2)42-52-56(50,54-43-35-29-27-30-36-43)55-44-37-31-28-32-38-44/h27-32,35-38,45H,3-26,33-34,39-42H2,1-2H3/t45-/m1/s1. The van der Waals surface area contributed by atoms with E-state index in [1.165, 1.54) is 128 Å². The molecule has 2 aromatic carbocycles. The van der Waals surface area contributed by atoms with Crippen LogP contribution in [0.5, 0.6) is 11.5 Å². The summed E-state index contributed by atoms with van der Waals surface area (Å²) in [7, 11) is -4.23. The minimum atomic E-state index is -4.23. The van der Waals surface area contributed by atoms with Gasteiger partial charge >= 0.3 is 19.8 Å². The lowest BCUT2D eigenvalue weighted by Crippen LogP contribution is -2.30. The molecule has 0 aliphatic carbocycles. The fraction of sp³-hybridized carbons (Fsp3) is 0.702. The first kappa shape index (κ1) is 49.3. The van der Waals surface area contributed by atoms with Crippen molar-refractivity contribution in [3.05, 3.63) is 60.7 Å². The fourth-order valence-electron chi connectivity index (χ4n) is 6.66. The number of benzene rings is 2. The number of hydrogen-bond donors (Lipinski definition) is 0. The molecule has 0 saturated heterocycles. The summed E-state index contributed by atoms with van der Waals surface area (Å²) in [5.74, 6) is -0.161. The summed E-state index contributed by atoms with van der Waals surface area (Å²) in [6.45, 7) is 3.96. The maximum atomic E-state index is 13.9. The highest BCUT2D eigenvalue weighted by Crippen LogP contribution is 2.49. The van der Waals surface area contributed by atoms with E-state index in [0.29, 0.717) is 17.9 Å². The second-order valence-electron chi connectivity index (χ2n) is 15.3. The predicted molar refractivity (Wildman–Crippen MR) is 229 cm³/mol. The van der Waals surface area contributed by atoms with Gasteiger partial charge in [-0.05, 0) is 37.1 Å². The van der Waals surface area contributed by atoms with Crippen molar-refractivity contribution in [3.8, 4) is 11.5 Å². The van der Waals surface area contributed by atoms with Gasteiger partial charge in [0.1, 0.15) is 24.7 Å². The largest absolute Gasteiger partial charge is 0.587 e. The molecule has 0 fully saturated rings. The second kappa shape index (κ2) is 34.2. The van der Waals surface area contributed by atoms with Gasteiger partial charge in [-0.15, -0.1) is 0 Å². The average molecular weight is 801 g/mol. The van der Waals surface area contributed by atoms with Crippen molar-refractivity contribution in [1.82, 2.24) is 0 Å². The van der Waals surface area contributed by atoms with Crippen LogP contribution in [0.25, 0.3) is 0 Å². The summed E-state index contributed by atoms with van der Waals surface area (Å²) >= 11 is 0. The zero-order valence-corrected chi connectivity index (χ0v) is 36.2. The zero-order chi connectivity index (χ0) is 40.2. The maximum Gasteiger partial charge on any atom is 0.587 e. The van der Waals surface area contributed by atoms with Crippen molar-refractivity contribution in [2.75, 3.05) is 13.2 Å². The van der Waals surface area contributed by atoms with Gasteiger partial charge in [-0.1, -0.05) is 204 Å². The maximum absolute atomic E-state index is 13.9. The first-order chi connectivity index (χ1) is 27.4. The van der Waals surface area contributed by atoms with E-state index in [-0.39, 0.29) is 25.6 Å². The molecule has 2 aromatic rings. The van der Waals surface area contributed by atoms with Crippen LogP contribution < -0.4 is 9.05 Å². The number of carbonyl (C=O) groups excluding carboxylic acids is 2. The monoisotopic (exact) mass is 801 g/mol. The average Bonchev–Trinajstić information content (AvgIpc) is 3.20. The summed E-state index contributed by atoms with van der Waals surface area (Å²) in [6.07, 6.45) is 31.3. The van der Waals surface area contributed by atoms with E-state index in [0.717, 1.165) is 38.5 Å². The van der Waals surface area contributed by atoms with Gasteiger partial charge < -0.3 is 18.5 Å². The van der Waals surface area contributed by atoms with Crippen LogP contribution in [-0.4, -0.2) is 31.3 Å². The summed E-state index contributed by atoms with van der Waals surface area (Å²) in [5, 5.41) is 0. The first-order valence-electron chi connectivity index (χ1n) is 22.5. The van der Waals surface area contributed by atoms with E-state index in [1.54, 1.807) is 48.5 Å². The highest BCUT2D eigenvalue weighted by atomic mass is 31.2. The van der Waals surface area contributed by atoms with Gasteiger partial charge in [0.05, 0.1) is 0 Å². The van der Waals surface area contributed by atoms with Crippen molar-refractivity contribution < 1.29 is 37.2 Å². The van der Waals surface area contributed by atoms with Gasteiger partial charge in [0.25, 0.3) is 0 Å². The Balaban J connectivity index is 1.79. The van der Waals surface area contributed by atoms with Gasteiger partial charge in [-0.2, -0.15) is 0 Å². The third-order valence-electron chi connectivity index (χ3n) is 10.0. The first-order valence-corrected chi connectivity index (χ1v) is 24.0. The summed E-state index contributed by atoms with van der Waals surface area (Å²) < 4.78 is 42.5. The topological polar surface area (TPSA) is 97.4 Å². The Hall–Kier alpha value is -2.83. The molecule has 2 rings (SSSR count). The number of rotatable bonds is 38. The van der Waals surface area contributed by atoms with Crippen LogP contribution in [0.15, 0.2) is 60.7 Å². The number of hydrogen-bond acceptors (Lipinski definition) is 8. The lowest BCUT2D eigenvalue weighted by molar-refractivity contribution is -0.161. The van der Waals surface area contributed by atoms with E-state index < -0.39 is 19.9 Å². The lowest BCUT2D eigenvalue weighted by Gasteiger charge is -2.22. The van der Waals surface area contributed by atoms with Crippen LogP contribution >= 0.6 is 7.82 Å². The molecule has 56 heavy (non-hydrogen) atoms. The van der Waals surface area contributed by atoms with Crippen molar-refractivity contribution in [2.24, 2.45) is 0 Å². The minimum absolute atomic E-state index is 0.210. The van der Waals surface area contributed by atoms with Gasteiger partial charge in [0.2, 0.25) is 0 Å². The normalized spacial score (nSPS) is 12.0. The zero-order valence-electron chi connectivity index (χ0n) is 35.3. The molecule has 318 valence electrons. The molecule has 9 heteroatoms. The quantitative estimate of drug-likeness (QED) is 0.0376. The highest BCUT2D eigenvalue weighted by Gasteiger charge is 2.33. The Morgan fingerprint density at radius 2 is 0.804 bits per heavy atom. The van der Waals surface area contributed by atoms with Crippen LogP contribution in [-0.2, 0) is 28.2 Å². The molecule has 0 aromatic heterocycles. The third-order valence-corrected chi connectivity index (χ3v) is 11.4. The smallest absolute Gasteiger partial charge is 0.462 e. The Kier molecular flexibility index (Phi) is 30.1. The van der Waals surface area contributed by atoms with Crippen LogP contribution in [0, 0.1) is 0 Å². The fourth-order valence-corrected chi connectivity index (χ4v) is 7.91. The minimum Gasteiger partial charge on any atom is -0.462 e. The van der Waals surface area contributed by atoms with Crippen molar-refractivity contribution in [3.63, 3.8) is 0 Å². The summed E-state index contributed by atoms with van der Waals surface area (Å²) in [5.41, 5.74) is 0. The molecular formula is C47H77O8P. The molecule has 8 nitrogen and oxygen atoms in total. The molecule has 1 atom stereocenters. The predicted octanol–water partition coefficient (Wildman–Crippen LogP) is 14.7. The van der Waals surface area contributed by atoms with Crippen molar-refractivity contribution in [2.45, 2.75) is 200 Å². The summed E-state index contributed by atoms with van der Waals surface area (Å²) in [6, 6.07) is 17.2. The van der Waals surface area contributed by atoms with Crippen molar-refractivity contribution >= 4 is 19.8 Å². The van der Waals surface area contributed by atoms with E-state index in [4.69, 9.17) is 23.0 Å². The van der Waals surface area contributed by atoms with E-state index in [1.807, 2.05) is 12.1 Å². The van der Waals surface area contributed by atoms with Crippen LogP contribution in [0.1, 0.15) is 194 Å². The molecule has 0 heterocycles. The van der Waals surface area contributed by atoms with Gasteiger partial charge in [0, 0.05) is 12.8 Å². The highest BCUT2D eigenvalue weighted by molar-refractivity contribution is 7.49. The van der Waals surface area contributed by atoms with Gasteiger partial charge in [-0.3, -0.25) is 14.1 Å². The molecule has 0 aliphatic heterocycles. The van der Waals surface area contributed by atoms with Gasteiger partial charge in [-0.25, -0.2) is 4.57 Å². The molecule has 0 bridgehead atoms. The van der Waals surface area contributed by atoms with Gasteiger partial charge in [0.15, 0.2) is 6.10 Å². The number of ether oxygens (including phenoxy) is 2. The van der Waals surface area contributed by atoms with E-state index in [9.17, 15) is 14.2 Å². The van der Waals surface area contributed by atoms with Crippen LogP contribution in [0.3, 0.4) is 0 Å². The SMILES string of the molecule is CCCCCCCCCCCCCCCC(=O)OC[C@H](COP(=O)(Oc1ccccc1)Oc1ccccc1)OC(=O)CCCCCCCCCCCCCCC.